The van der Waals surface area contributed by atoms with Crippen LogP contribution >= 0.6 is 0 Å². The minimum absolute atomic E-state index is 0.0769. The average Bonchev–Trinajstić information content (AvgIpc) is 2.84. The molecular weight excluding hydrogens is 384 g/mol. The number of pyridine rings is 1. The SMILES string of the molecule is Cc1ccc2nc(N3CCS(=O)(=O)c4ccccc4C3)cc(NCCCN)c2c1. The Hall–Kier alpha value is -2.64. The number of rotatable bonds is 5. The lowest BCUT2D eigenvalue weighted by molar-refractivity contribution is 0.596. The first-order valence-corrected chi connectivity index (χ1v) is 11.5. The molecule has 29 heavy (non-hydrogen) atoms. The van der Waals surface area contributed by atoms with Crippen molar-refractivity contribution < 1.29 is 8.42 Å². The Labute approximate surface area is 171 Å². The van der Waals surface area contributed by atoms with Gasteiger partial charge < -0.3 is 16.0 Å². The first-order chi connectivity index (χ1) is 14.0. The lowest BCUT2D eigenvalue weighted by Crippen LogP contribution is -2.26. The highest BCUT2D eigenvalue weighted by molar-refractivity contribution is 7.91. The van der Waals surface area contributed by atoms with E-state index in [1.807, 2.05) is 30.3 Å². The second kappa shape index (κ2) is 8.00. The summed E-state index contributed by atoms with van der Waals surface area (Å²) in [7, 11) is -3.29. The summed E-state index contributed by atoms with van der Waals surface area (Å²) in [6, 6.07) is 15.5. The summed E-state index contributed by atoms with van der Waals surface area (Å²) in [6.45, 7) is 4.39. The van der Waals surface area contributed by atoms with E-state index in [4.69, 9.17) is 10.7 Å². The van der Waals surface area contributed by atoms with Crippen molar-refractivity contribution in [3.8, 4) is 0 Å². The van der Waals surface area contributed by atoms with E-state index in [0.717, 1.165) is 40.9 Å². The monoisotopic (exact) mass is 410 g/mol. The van der Waals surface area contributed by atoms with Crippen LogP contribution in [0.2, 0.25) is 0 Å². The van der Waals surface area contributed by atoms with Crippen LogP contribution in [0.4, 0.5) is 11.5 Å². The Morgan fingerprint density at radius 3 is 2.83 bits per heavy atom. The zero-order chi connectivity index (χ0) is 20.4. The number of benzene rings is 2. The van der Waals surface area contributed by atoms with Crippen molar-refractivity contribution in [2.45, 2.75) is 24.8 Å². The quantitative estimate of drug-likeness (QED) is 0.629. The number of nitrogens with one attached hydrogen (secondary N) is 1. The number of fused-ring (bicyclic) bond motifs is 2. The molecule has 2 heterocycles. The molecule has 0 amide bonds. The Kier molecular flexibility index (Phi) is 5.43. The fourth-order valence-electron chi connectivity index (χ4n) is 3.72. The first kappa shape index (κ1) is 19.7. The molecule has 6 nitrogen and oxygen atoms in total. The normalized spacial score (nSPS) is 15.7. The lowest BCUT2D eigenvalue weighted by Gasteiger charge is -2.23. The molecule has 0 fully saturated rings. The van der Waals surface area contributed by atoms with Gasteiger partial charge in [-0.15, -0.1) is 0 Å². The number of sulfone groups is 1. The van der Waals surface area contributed by atoms with Gasteiger partial charge in [0.2, 0.25) is 0 Å². The maximum atomic E-state index is 12.7. The van der Waals surface area contributed by atoms with E-state index in [1.165, 1.54) is 5.56 Å². The fourth-order valence-corrected chi connectivity index (χ4v) is 5.22. The van der Waals surface area contributed by atoms with Crippen LogP contribution in [0.5, 0.6) is 0 Å². The molecule has 1 aliphatic heterocycles. The molecule has 0 unspecified atom stereocenters. The van der Waals surface area contributed by atoms with Crippen molar-refractivity contribution in [1.29, 1.82) is 0 Å². The molecule has 2 aromatic carbocycles. The van der Waals surface area contributed by atoms with Crippen LogP contribution in [0.3, 0.4) is 0 Å². The van der Waals surface area contributed by atoms with Crippen LogP contribution in [0, 0.1) is 6.92 Å². The molecule has 4 rings (SSSR count). The predicted molar refractivity (Wildman–Crippen MR) is 118 cm³/mol. The molecular formula is C22H26N4O2S. The van der Waals surface area contributed by atoms with Crippen LogP contribution in [0.25, 0.3) is 10.9 Å². The summed E-state index contributed by atoms with van der Waals surface area (Å²) in [5, 5.41) is 4.54. The Bertz CT molecular complexity index is 1140. The highest BCUT2D eigenvalue weighted by Crippen LogP contribution is 2.31. The number of aromatic nitrogens is 1. The minimum atomic E-state index is -3.29. The highest BCUT2D eigenvalue weighted by atomic mass is 32.2. The molecule has 0 radical (unpaired) electrons. The zero-order valence-electron chi connectivity index (χ0n) is 16.6. The first-order valence-electron chi connectivity index (χ1n) is 9.89. The van der Waals surface area contributed by atoms with Gasteiger partial charge in [-0.1, -0.05) is 29.8 Å². The number of aryl methyl sites for hydroxylation is 1. The molecule has 0 bridgehead atoms. The molecule has 0 atom stereocenters. The molecule has 0 saturated carbocycles. The molecule has 3 aromatic rings. The number of hydrogen-bond donors (Lipinski definition) is 2. The summed E-state index contributed by atoms with van der Waals surface area (Å²) in [5.74, 6) is 0.858. The van der Waals surface area contributed by atoms with Crippen LogP contribution < -0.4 is 16.0 Å². The average molecular weight is 411 g/mol. The van der Waals surface area contributed by atoms with Gasteiger partial charge in [-0.05, 0) is 43.7 Å². The van der Waals surface area contributed by atoms with E-state index >= 15 is 0 Å². The molecule has 152 valence electrons. The topological polar surface area (TPSA) is 88.3 Å². The van der Waals surface area contributed by atoms with Crippen molar-refractivity contribution in [1.82, 2.24) is 4.98 Å². The second-order valence-corrected chi connectivity index (χ2v) is 9.54. The number of hydrogen-bond acceptors (Lipinski definition) is 6. The lowest BCUT2D eigenvalue weighted by atomic mass is 10.1. The van der Waals surface area contributed by atoms with Gasteiger partial charge in [0.05, 0.1) is 16.2 Å². The van der Waals surface area contributed by atoms with Crippen LogP contribution in [0.1, 0.15) is 17.5 Å². The van der Waals surface area contributed by atoms with Crippen LogP contribution in [-0.4, -0.2) is 38.8 Å². The summed E-state index contributed by atoms with van der Waals surface area (Å²) in [5.41, 5.74) is 9.52. The Morgan fingerprint density at radius 2 is 2.00 bits per heavy atom. The maximum Gasteiger partial charge on any atom is 0.180 e. The Morgan fingerprint density at radius 1 is 1.17 bits per heavy atom. The van der Waals surface area contributed by atoms with Crippen molar-refractivity contribution >= 4 is 32.2 Å². The Balaban J connectivity index is 1.76. The third-order valence-electron chi connectivity index (χ3n) is 5.27. The molecule has 0 aliphatic carbocycles. The molecule has 1 aliphatic rings. The van der Waals surface area contributed by atoms with Crippen molar-refractivity contribution in [3.05, 3.63) is 59.7 Å². The van der Waals surface area contributed by atoms with Gasteiger partial charge in [-0.2, -0.15) is 0 Å². The van der Waals surface area contributed by atoms with Crippen LogP contribution in [0.15, 0.2) is 53.4 Å². The van der Waals surface area contributed by atoms with Crippen molar-refractivity contribution in [2.24, 2.45) is 5.73 Å². The van der Waals surface area contributed by atoms with E-state index in [2.05, 4.69) is 23.2 Å². The van der Waals surface area contributed by atoms with Gasteiger partial charge >= 0.3 is 0 Å². The summed E-state index contributed by atoms with van der Waals surface area (Å²) >= 11 is 0. The van der Waals surface area contributed by atoms with E-state index in [1.54, 1.807) is 12.1 Å². The van der Waals surface area contributed by atoms with Crippen molar-refractivity contribution in [2.75, 3.05) is 35.6 Å². The number of nitrogens with two attached hydrogens (primary N) is 1. The molecule has 1 aromatic heterocycles. The molecule has 3 N–H and O–H groups in total. The number of nitrogens with zero attached hydrogens (tertiary/aromatic N) is 2. The fraction of sp³-hybridized carbons (Fsp3) is 0.318. The predicted octanol–water partition coefficient (Wildman–Crippen LogP) is 3.10. The third kappa shape index (κ3) is 4.06. The molecule has 0 saturated heterocycles. The zero-order valence-corrected chi connectivity index (χ0v) is 17.4. The van der Waals surface area contributed by atoms with Crippen molar-refractivity contribution in [3.63, 3.8) is 0 Å². The van der Waals surface area contributed by atoms with E-state index in [-0.39, 0.29) is 5.75 Å². The second-order valence-electron chi connectivity index (χ2n) is 7.47. The van der Waals surface area contributed by atoms with Gasteiger partial charge in [0, 0.05) is 36.8 Å². The van der Waals surface area contributed by atoms with Gasteiger partial charge in [0.25, 0.3) is 0 Å². The largest absolute Gasteiger partial charge is 0.384 e. The van der Waals surface area contributed by atoms with E-state index < -0.39 is 9.84 Å². The van der Waals surface area contributed by atoms with Gasteiger partial charge in [0.1, 0.15) is 5.82 Å². The maximum absolute atomic E-state index is 12.7. The smallest absolute Gasteiger partial charge is 0.180 e. The summed E-state index contributed by atoms with van der Waals surface area (Å²) in [6.07, 6.45) is 0.875. The molecule has 0 spiro atoms. The van der Waals surface area contributed by atoms with Gasteiger partial charge in [-0.25, -0.2) is 13.4 Å². The van der Waals surface area contributed by atoms with E-state index in [9.17, 15) is 8.42 Å². The third-order valence-corrected chi connectivity index (χ3v) is 7.06. The highest BCUT2D eigenvalue weighted by Gasteiger charge is 2.26. The van der Waals surface area contributed by atoms with Gasteiger partial charge in [-0.3, -0.25) is 0 Å². The number of anilines is 2. The van der Waals surface area contributed by atoms with E-state index in [0.29, 0.717) is 24.5 Å². The molecule has 7 heteroatoms. The van der Waals surface area contributed by atoms with Crippen LogP contribution in [-0.2, 0) is 16.4 Å². The minimum Gasteiger partial charge on any atom is -0.384 e. The summed E-state index contributed by atoms with van der Waals surface area (Å²) < 4.78 is 25.4. The van der Waals surface area contributed by atoms with Gasteiger partial charge in [0.15, 0.2) is 9.84 Å². The summed E-state index contributed by atoms with van der Waals surface area (Å²) in [4.78, 5) is 7.34. The standard InChI is InChI=1S/C22H26N4O2S/c1-16-7-8-19-18(13-16)20(24-10-4-9-23)14-22(25-19)26-11-12-29(27,28)21-6-3-2-5-17(21)15-26/h2-3,5-8,13-14H,4,9-12,15,23H2,1H3,(H,24,25).